The minimum atomic E-state index is 0.189. The standard InChI is InChI=1S/C15H17ClN2O2/c1-10-6-7-14(19)13(18-10)9-17-8-11-12(16)4-3-5-15(11)20-2/h3-7,17,19H,8-9H2,1-2H3. The molecule has 4 nitrogen and oxygen atoms in total. The summed E-state index contributed by atoms with van der Waals surface area (Å²) in [7, 11) is 1.61. The molecular formula is C15H17ClN2O2. The molecule has 0 radical (unpaired) electrons. The van der Waals surface area contributed by atoms with Gasteiger partial charge in [0.25, 0.3) is 0 Å². The lowest BCUT2D eigenvalue weighted by Crippen LogP contribution is -2.15. The zero-order chi connectivity index (χ0) is 14.5. The third-order valence-corrected chi connectivity index (χ3v) is 3.33. The molecule has 0 saturated carbocycles. The van der Waals surface area contributed by atoms with Crippen LogP contribution in [0.4, 0.5) is 0 Å². The van der Waals surface area contributed by atoms with Gasteiger partial charge in [0.15, 0.2) is 0 Å². The van der Waals surface area contributed by atoms with Crippen molar-refractivity contribution in [1.29, 1.82) is 0 Å². The molecule has 0 unspecified atom stereocenters. The van der Waals surface area contributed by atoms with Crippen LogP contribution in [-0.4, -0.2) is 17.2 Å². The minimum absolute atomic E-state index is 0.189. The van der Waals surface area contributed by atoms with Crippen molar-refractivity contribution in [2.24, 2.45) is 0 Å². The van der Waals surface area contributed by atoms with Gasteiger partial charge in [-0.2, -0.15) is 0 Å². The molecular weight excluding hydrogens is 276 g/mol. The number of ether oxygens (including phenoxy) is 1. The number of rotatable bonds is 5. The van der Waals surface area contributed by atoms with Crippen LogP contribution in [0.25, 0.3) is 0 Å². The highest BCUT2D eigenvalue weighted by atomic mass is 35.5. The maximum absolute atomic E-state index is 9.73. The van der Waals surface area contributed by atoms with E-state index in [9.17, 15) is 5.11 Å². The van der Waals surface area contributed by atoms with Gasteiger partial charge in [-0.05, 0) is 31.2 Å². The molecule has 0 atom stereocenters. The molecule has 0 amide bonds. The summed E-state index contributed by atoms with van der Waals surface area (Å²) in [6, 6.07) is 8.96. The number of nitrogens with zero attached hydrogens (tertiary/aromatic N) is 1. The first-order chi connectivity index (χ1) is 9.61. The summed E-state index contributed by atoms with van der Waals surface area (Å²) in [6.45, 7) is 2.89. The van der Waals surface area contributed by atoms with Gasteiger partial charge in [-0.1, -0.05) is 17.7 Å². The monoisotopic (exact) mass is 292 g/mol. The van der Waals surface area contributed by atoms with Crippen molar-refractivity contribution in [3.8, 4) is 11.5 Å². The number of methoxy groups -OCH3 is 1. The Hall–Kier alpha value is -1.78. The Bertz CT molecular complexity index is 602. The number of aryl methyl sites for hydroxylation is 1. The molecule has 0 aliphatic heterocycles. The van der Waals surface area contributed by atoms with Gasteiger partial charge in [0.2, 0.25) is 0 Å². The molecule has 20 heavy (non-hydrogen) atoms. The number of pyridine rings is 1. The lowest BCUT2D eigenvalue weighted by Gasteiger charge is -2.11. The zero-order valence-corrected chi connectivity index (χ0v) is 12.2. The van der Waals surface area contributed by atoms with E-state index in [0.29, 0.717) is 23.8 Å². The SMILES string of the molecule is COc1cccc(Cl)c1CNCc1nc(C)ccc1O. The fourth-order valence-corrected chi connectivity index (χ4v) is 2.17. The van der Waals surface area contributed by atoms with Crippen LogP contribution in [0.15, 0.2) is 30.3 Å². The number of benzene rings is 1. The van der Waals surface area contributed by atoms with Gasteiger partial charge in [-0.15, -0.1) is 0 Å². The largest absolute Gasteiger partial charge is 0.506 e. The van der Waals surface area contributed by atoms with Crippen LogP contribution in [0, 0.1) is 6.92 Å². The molecule has 0 saturated heterocycles. The van der Waals surface area contributed by atoms with Crippen molar-refractivity contribution >= 4 is 11.6 Å². The molecule has 0 aliphatic rings. The van der Waals surface area contributed by atoms with Crippen molar-refractivity contribution in [1.82, 2.24) is 10.3 Å². The van der Waals surface area contributed by atoms with E-state index in [-0.39, 0.29) is 5.75 Å². The smallest absolute Gasteiger partial charge is 0.138 e. The number of halogens is 1. The molecule has 1 heterocycles. The van der Waals surface area contributed by atoms with Gasteiger partial charge in [0.05, 0.1) is 12.8 Å². The first-order valence-electron chi connectivity index (χ1n) is 6.29. The van der Waals surface area contributed by atoms with E-state index < -0.39 is 0 Å². The van der Waals surface area contributed by atoms with Gasteiger partial charge < -0.3 is 15.2 Å². The van der Waals surface area contributed by atoms with Crippen LogP contribution in [-0.2, 0) is 13.1 Å². The number of hydrogen-bond acceptors (Lipinski definition) is 4. The molecule has 106 valence electrons. The second-order valence-corrected chi connectivity index (χ2v) is 4.85. The fraction of sp³-hybridized carbons (Fsp3) is 0.267. The van der Waals surface area contributed by atoms with Crippen LogP contribution < -0.4 is 10.1 Å². The van der Waals surface area contributed by atoms with Gasteiger partial charge in [-0.3, -0.25) is 4.98 Å². The Morgan fingerprint density at radius 1 is 1.25 bits per heavy atom. The van der Waals surface area contributed by atoms with E-state index >= 15 is 0 Å². The Morgan fingerprint density at radius 3 is 2.80 bits per heavy atom. The number of hydrogen-bond donors (Lipinski definition) is 2. The van der Waals surface area contributed by atoms with Crippen LogP contribution in [0.1, 0.15) is 17.0 Å². The first kappa shape index (κ1) is 14.6. The number of aromatic hydroxyl groups is 1. The van der Waals surface area contributed by atoms with Gasteiger partial charge in [0, 0.05) is 29.4 Å². The Balaban J connectivity index is 2.05. The first-order valence-corrected chi connectivity index (χ1v) is 6.67. The van der Waals surface area contributed by atoms with Crippen molar-refractivity contribution in [2.45, 2.75) is 20.0 Å². The summed E-state index contributed by atoms with van der Waals surface area (Å²) in [5, 5.41) is 13.6. The van der Waals surface area contributed by atoms with Crippen molar-refractivity contribution < 1.29 is 9.84 Å². The Labute approximate surface area is 123 Å². The number of aromatic nitrogens is 1. The predicted molar refractivity (Wildman–Crippen MR) is 79.2 cm³/mol. The maximum atomic E-state index is 9.73. The maximum Gasteiger partial charge on any atom is 0.138 e. The third kappa shape index (κ3) is 3.40. The quantitative estimate of drug-likeness (QED) is 0.889. The van der Waals surface area contributed by atoms with E-state index in [1.807, 2.05) is 25.1 Å². The topological polar surface area (TPSA) is 54.4 Å². The van der Waals surface area contributed by atoms with Gasteiger partial charge >= 0.3 is 0 Å². The fourth-order valence-electron chi connectivity index (χ4n) is 1.94. The highest BCUT2D eigenvalue weighted by molar-refractivity contribution is 6.31. The summed E-state index contributed by atoms with van der Waals surface area (Å²) < 4.78 is 5.28. The molecule has 0 bridgehead atoms. The highest BCUT2D eigenvalue weighted by Crippen LogP contribution is 2.26. The third-order valence-electron chi connectivity index (χ3n) is 2.98. The minimum Gasteiger partial charge on any atom is -0.506 e. The van der Waals surface area contributed by atoms with Crippen molar-refractivity contribution in [3.63, 3.8) is 0 Å². The predicted octanol–water partition coefficient (Wildman–Crippen LogP) is 3.05. The van der Waals surface area contributed by atoms with Crippen LogP contribution in [0.5, 0.6) is 11.5 Å². The Kier molecular flexibility index (Phi) is 4.82. The van der Waals surface area contributed by atoms with Crippen LogP contribution in [0.3, 0.4) is 0 Å². The molecule has 0 spiro atoms. The van der Waals surface area contributed by atoms with Crippen LogP contribution in [0.2, 0.25) is 5.02 Å². The van der Waals surface area contributed by atoms with Crippen LogP contribution >= 0.6 is 11.6 Å². The molecule has 0 aliphatic carbocycles. The summed E-state index contributed by atoms with van der Waals surface area (Å²) in [6.07, 6.45) is 0. The molecule has 2 N–H and O–H groups in total. The molecule has 5 heteroatoms. The molecule has 1 aromatic heterocycles. The average Bonchev–Trinajstić information content (AvgIpc) is 2.44. The summed E-state index contributed by atoms with van der Waals surface area (Å²) in [5.74, 6) is 0.931. The van der Waals surface area contributed by atoms with Gasteiger partial charge in [0.1, 0.15) is 11.5 Å². The molecule has 2 rings (SSSR count). The van der Waals surface area contributed by atoms with E-state index in [4.69, 9.17) is 16.3 Å². The summed E-state index contributed by atoms with van der Waals surface area (Å²) in [4.78, 5) is 4.29. The highest BCUT2D eigenvalue weighted by Gasteiger charge is 2.08. The lowest BCUT2D eigenvalue weighted by molar-refractivity contribution is 0.407. The van der Waals surface area contributed by atoms with Crippen molar-refractivity contribution in [3.05, 3.63) is 52.3 Å². The van der Waals surface area contributed by atoms with Gasteiger partial charge in [-0.25, -0.2) is 0 Å². The number of nitrogens with one attached hydrogen (secondary N) is 1. The second-order valence-electron chi connectivity index (χ2n) is 4.44. The van der Waals surface area contributed by atoms with E-state index in [2.05, 4.69) is 10.3 Å². The molecule has 0 fully saturated rings. The summed E-state index contributed by atoms with van der Waals surface area (Å²) >= 11 is 6.16. The summed E-state index contributed by atoms with van der Waals surface area (Å²) in [5.41, 5.74) is 2.38. The normalized spacial score (nSPS) is 10.6. The molecule has 1 aromatic carbocycles. The Morgan fingerprint density at radius 2 is 2.05 bits per heavy atom. The zero-order valence-electron chi connectivity index (χ0n) is 11.5. The average molecular weight is 293 g/mol. The molecule has 2 aromatic rings. The second kappa shape index (κ2) is 6.59. The van der Waals surface area contributed by atoms with Crippen molar-refractivity contribution in [2.75, 3.05) is 7.11 Å². The van der Waals surface area contributed by atoms with E-state index in [1.165, 1.54) is 0 Å². The van der Waals surface area contributed by atoms with E-state index in [1.54, 1.807) is 19.2 Å². The lowest BCUT2D eigenvalue weighted by atomic mass is 10.2. The van der Waals surface area contributed by atoms with E-state index in [0.717, 1.165) is 17.0 Å².